The van der Waals surface area contributed by atoms with E-state index in [-0.39, 0.29) is 5.91 Å². The van der Waals surface area contributed by atoms with Crippen molar-refractivity contribution in [1.29, 1.82) is 0 Å². The van der Waals surface area contributed by atoms with Gasteiger partial charge in [0.25, 0.3) is 5.91 Å². The first kappa shape index (κ1) is 17.1. The van der Waals surface area contributed by atoms with E-state index in [2.05, 4.69) is 11.4 Å². The van der Waals surface area contributed by atoms with Crippen molar-refractivity contribution < 1.29 is 9.53 Å². The molecule has 0 unspecified atom stereocenters. The first-order valence-electron chi connectivity index (χ1n) is 8.42. The van der Waals surface area contributed by atoms with E-state index in [0.717, 1.165) is 35.2 Å². The number of hydrogen-bond donors (Lipinski definition) is 2. The number of nitrogens with zero attached hydrogens (tertiary/aromatic N) is 1. The number of pyridine rings is 1. The lowest BCUT2D eigenvalue weighted by Crippen LogP contribution is -2.12. The maximum absolute atomic E-state index is 12.8. The SMILES string of the molecule is COc1cc(Cl)ccc1NC(=O)c1sc2nc3c(cc2c1N)CCCC3. The highest BCUT2D eigenvalue weighted by atomic mass is 35.5. The van der Waals surface area contributed by atoms with Crippen LogP contribution in [0.5, 0.6) is 5.75 Å². The number of anilines is 2. The van der Waals surface area contributed by atoms with Crippen molar-refractivity contribution in [3.63, 3.8) is 0 Å². The lowest BCUT2D eigenvalue weighted by molar-refractivity contribution is 0.103. The van der Waals surface area contributed by atoms with E-state index in [9.17, 15) is 4.79 Å². The van der Waals surface area contributed by atoms with Gasteiger partial charge in [0.05, 0.1) is 18.5 Å². The molecule has 0 saturated carbocycles. The molecule has 0 atom stereocenters. The molecule has 1 amide bonds. The number of fused-ring (bicyclic) bond motifs is 2. The van der Waals surface area contributed by atoms with Crippen LogP contribution < -0.4 is 15.8 Å². The Hall–Kier alpha value is -2.31. The number of aryl methyl sites for hydroxylation is 2. The predicted octanol–water partition coefficient (Wildman–Crippen LogP) is 4.67. The number of nitrogens with two attached hydrogens (primary N) is 1. The van der Waals surface area contributed by atoms with Gasteiger partial charge in [-0.3, -0.25) is 4.79 Å². The van der Waals surface area contributed by atoms with E-state index < -0.39 is 0 Å². The summed E-state index contributed by atoms with van der Waals surface area (Å²) >= 11 is 7.30. The Morgan fingerprint density at radius 2 is 2.12 bits per heavy atom. The van der Waals surface area contributed by atoms with E-state index in [0.29, 0.717) is 27.0 Å². The molecule has 26 heavy (non-hydrogen) atoms. The van der Waals surface area contributed by atoms with Gasteiger partial charge in [-0.05, 0) is 49.4 Å². The number of nitrogen functional groups attached to an aromatic ring is 1. The molecule has 2 aromatic heterocycles. The number of benzene rings is 1. The average Bonchev–Trinajstić information content (AvgIpc) is 2.97. The van der Waals surface area contributed by atoms with Crippen LogP contribution in [0.3, 0.4) is 0 Å². The largest absolute Gasteiger partial charge is 0.495 e. The van der Waals surface area contributed by atoms with E-state index in [1.54, 1.807) is 18.2 Å². The number of carbonyl (C=O) groups excluding carboxylic acids is 1. The summed E-state index contributed by atoms with van der Waals surface area (Å²) in [6.45, 7) is 0. The summed E-state index contributed by atoms with van der Waals surface area (Å²) in [5, 5.41) is 4.26. The molecule has 5 nitrogen and oxygen atoms in total. The average molecular weight is 388 g/mol. The molecule has 4 rings (SSSR count). The van der Waals surface area contributed by atoms with Gasteiger partial charge in [-0.25, -0.2) is 4.98 Å². The first-order chi connectivity index (χ1) is 12.6. The van der Waals surface area contributed by atoms with Crippen molar-refractivity contribution in [3.05, 3.63) is 45.4 Å². The maximum atomic E-state index is 12.8. The number of ether oxygens (including phenoxy) is 1. The minimum atomic E-state index is -0.274. The number of nitrogens with one attached hydrogen (secondary N) is 1. The van der Waals surface area contributed by atoms with Crippen molar-refractivity contribution in [2.45, 2.75) is 25.7 Å². The molecule has 0 fully saturated rings. The number of halogens is 1. The van der Waals surface area contributed by atoms with Crippen molar-refractivity contribution >= 4 is 50.4 Å². The molecule has 1 aliphatic rings. The zero-order valence-corrected chi connectivity index (χ0v) is 15.8. The number of carbonyl (C=O) groups is 1. The molecular weight excluding hydrogens is 370 g/mol. The van der Waals surface area contributed by atoms with Crippen LogP contribution in [0.15, 0.2) is 24.3 Å². The van der Waals surface area contributed by atoms with Crippen LogP contribution in [0, 0.1) is 0 Å². The van der Waals surface area contributed by atoms with Gasteiger partial charge in [0.2, 0.25) is 0 Å². The summed E-state index contributed by atoms with van der Waals surface area (Å²) in [7, 11) is 1.53. The molecule has 3 aromatic rings. The third-order valence-corrected chi connectivity index (χ3v) is 5.97. The van der Waals surface area contributed by atoms with Crippen LogP contribution in [0.4, 0.5) is 11.4 Å². The molecule has 0 bridgehead atoms. The van der Waals surface area contributed by atoms with Crippen LogP contribution in [-0.4, -0.2) is 18.0 Å². The molecule has 0 aliphatic heterocycles. The van der Waals surface area contributed by atoms with Gasteiger partial charge in [0.15, 0.2) is 0 Å². The number of amides is 1. The van der Waals surface area contributed by atoms with Crippen LogP contribution in [0.25, 0.3) is 10.2 Å². The Kier molecular flexibility index (Phi) is 4.46. The Labute approximate surface area is 160 Å². The van der Waals surface area contributed by atoms with Crippen molar-refractivity contribution in [1.82, 2.24) is 4.98 Å². The molecule has 1 aliphatic carbocycles. The fraction of sp³-hybridized carbons (Fsp3) is 0.263. The number of methoxy groups -OCH3 is 1. The summed E-state index contributed by atoms with van der Waals surface area (Å²) in [6, 6.07) is 7.16. The Morgan fingerprint density at radius 1 is 1.31 bits per heavy atom. The molecule has 0 saturated heterocycles. The fourth-order valence-corrected chi connectivity index (χ4v) is 4.43. The third kappa shape index (κ3) is 2.99. The van der Waals surface area contributed by atoms with Gasteiger partial charge >= 0.3 is 0 Å². The highest BCUT2D eigenvalue weighted by Crippen LogP contribution is 2.36. The van der Waals surface area contributed by atoms with Crippen LogP contribution in [0.1, 0.15) is 33.8 Å². The van der Waals surface area contributed by atoms with Crippen LogP contribution >= 0.6 is 22.9 Å². The zero-order valence-electron chi connectivity index (χ0n) is 14.3. The summed E-state index contributed by atoms with van der Waals surface area (Å²) in [5.41, 5.74) is 9.69. The van der Waals surface area contributed by atoms with E-state index >= 15 is 0 Å². The van der Waals surface area contributed by atoms with Gasteiger partial charge < -0.3 is 15.8 Å². The second-order valence-electron chi connectivity index (χ2n) is 6.30. The lowest BCUT2D eigenvalue weighted by atomic mass is 9.95. The number of thiophene rings is 1. The van der Waals surface area contributed by atoms with Crippen molar-refractivity contribution in [2.75, 3.05) is 18.2 Å². The van der Waals surface area contributed by atoms with Crippen LogP contribution in [-0.2, 0) is 12.8 Å². The Balaban J connectivity index is 1.70. The number of hydrogen-bond acceptors (Lipinski definition) is 5. The quantitative estimate of drug-likeness (QED) is 0.684. The summed E-state index contributed by atoms with van der Waals surface area (Å²) in [4.78, 5) is 18.8. The van der Waals surface area contributed by atoms with Gasteiger partial charge in [0.1, 0.15) is 15.5 Å². The van der Waals surface area contributed by atoms with E-state index in [4.69, 9.17) is 27.1 Å². The molecule has 3 N–H and O–H groups in total. The highest BCUT2D eigenvalue weighted by molar-refractivity contribution is 7.21. The maximum Gasteiger partial charge on any atom is 0.268 e. The van der Waals surface area contributed by atoms with Crippen molar-refractivity contribution in [2.24, 2.45) is 0 Å². The minimum Gasteiger partial charge on any atom is -0.495 e. The number of rotatable bonds is 3. The molecule has 0 spiro atoms. The smallest absolute Gasteiger partial charge is 0.268 e. The fourth-order valence-electron chi connectivity index (χ4n) is 3.28. The molecular formula is C19H18ClN3O2S. The van der Waals surface area contributed by atoms with Crippen molar-refractivity contribution in [3.8, 4) is 5.75 Å². The van der Waals surface area contributed by atoms with Gasteiger partial charge in [0, 0.05) is 22.2 Å². The van der Waals surface area contributed by atoms with Gasteiger partial charge in [-0.15, -0.1) is 11.3 Å². The first-order valence-corrected chi connectivity index (χ1v) is 9.62. The molecule has 2 heterocycles. The zero-order chi connectivity index (χ0) is 18.3. The summed E-state index contributed by atoms with van der Waals surface area (Å²) in [5.74, 6) is 0.225. The summed E-state index contributed by atoms with van der Waals surface area (Å²) in [6.07, 6.45) is 4.35. The second-order valence-corrected chi connectivity index (χ2v) is 7.73. The topological polar surface area (TPSA) is 77.2 Å². The monoisotopic (exact) mass is 387 g/mol. The highest BCUT2D eigenvalue weighted by Gasteiger charge is 2.21. The van der Waals surface area contributed by atoms with Gasteiger partial charge in [-0.2, -0.15) is 0 Å². The van der Waals surface area contributed by atoms with Gasteiger partial charge in [-0.1, -0.05) is 11.6 Å². The molecule has 134 valence electrons. The molecule has 0 radical (unpaired) electrons. The summed E-state index contributed by atoms with van der Waals surface area (Å²) < 4.78 is 5.28. The lowest BCUT2D eigenvalue weighted by Gasteiger charge is -2.14. The second kappa shape index (κ2) is 6.78. The third-order valence-electron chi connectivity index (χ3n) is 4.62. The van der Waals surface area contributed by atoms with E-state index in [1.165, 1.54) is 30.4 Å². The number of aromatic nitrogens is 1. The Bertz CT molecular complexity index is 1020. The van der Waals surface area contributed by atoms with Crippen LogP contribution in [0.2, 0.25) is 5.02 Å². The normalized spacial score (nSPS) is 13.5. The standard InChI is InChI=1S/C19H18ClN3O2S/c1-25-15-9-11(20)6-7-14(15)22-18(24)17-16(21)12-8-10-4-2-3-5-13(10)23-19(12)26-17/h6-9H,2-5,21H2,1H3,(H,22,24). The Morgan fingerprint density at radius 3 is 2.92 bits per heavy atom. The minimum absolute atomic E-state index is 0.274. The van der Waals surface area contributed by atoms with E-state index in [1.807, 2.05) is 0 Å². The molecule has 1 aromatic carbocycles. The predicted molar refractivity (Wildman–Crippen MR) is 107 cm³/mol. The molecule has 7 heteroatoms.